The molecule has 0 bridgehead atoms. The summed E-state index contributed by atoms with van der Waals surface area (Å²) in [5, 5.41) is 18.6. The van der Waals surface area contributed by atoms with Crippen LogP contribution in [0.25, 0.3) is 11.4 Å². The molecule has 0 aliphatic carbocycles. The second kappa shape index (κ2) is 8.88. The molecule has 0 saturated carbocycles. The highest BCUT2D eigenvalue weighted by Crippen LogP contribution is 2.25. The molecule has 2 aromatic heterocycles. The summed E-state index contributed by atoms with van der Waals surface area (Å²) in [7, 11) is 1.64. The molecule has 0 N–H and O–H groups in total. The first kappa shape index (κ1) is 20.6. The maximum atomic E-state index is 12.6. The Balaban J connectivity index is 1.86. The number of amides is 1. The molecule has 0 fully saturated rings. The normalized spacial score (nSPS) is 11.1. The molecule has 0 spiro atoms. The summed E-state index contributed by atoms with van der Waals surface area (Å²) in [6.45, 7) is 4.02. The van der Waals surface area contributed by atoms with Crippen molar-refractivity contribution in [3.05, 3.63) is 60.4 Å². The molecular weight excluding hydrogens is 384 g/mol. The lowest BCUT2D eigenvalue weighted by atomic mass is 10.1. The molecule has 0 aliphatic rings. The molecule has 0 saturated heterocycles. The van der Waals surface area contributed by atoms with Crippen molar-refractivity contribution < 1.29 is 4.79 Å². The summed E-state index contributed by atoms with van der Waals surface area (Å²) in [6, 6.07) is 15.9. The third kappa shape index (κ3) is 4.81. The van der Waals surface area contributed by atoms with Crippen LogP contribution in [-0.2, 0) is 11.3 Å². The first-order chi connectivity index (χ1) is 13.9. The van der Waals surface area contributed by atoms with E-state index in [0.29, 0.717) is 11.7 Å². The number of carbonyl (C=O) groups excluding carboxylic acids is 1. The van der Waals surface area contributed by atoms with Gasteiger partial charge in [0.05, 0.1) is 18.4 Å². The van der Waals surface area contributed by atoms with Crippen LogP contribution in [0, 0.1) is 11.3 Å². The highest BCUT2D eigenvalue weighted by atomic mass is 32.2. The molecule has 148 valence electrons. The van der Waals surface area contributed by atoms with Crippen LogP contribution in [0.2, 0.25) is 0 Å². The summed E-state index contributed by atoms with van der Waals surface area (Å²) in [6.07, 6.45) is 3.43. The van der Waals surface area contributed by atoms with Crippen molar-refractivity contribution in [2.24, 2.45) is 0 Å². The van der Waals surface area contributed by atoms with Crippen molar-refractivity contribution in [1.29, 1.82) is 5.26 Å². The van der Waals surface area contributed by atoms with E-state index >= 15 is 0 Å². The zero-order valence-corrected chi connectivity index (χ0v) is 17.4. The Hall–Kier alpha value is -3.18. The molecule has 1 aromatic carbocycles. The van der Waals surface area contributed by atoms with Crippen LogP contribution in [-0.4, -0.2) is 48.9 Å². The van der Waals surface area contributed by atoms with E-state index in [-0.39, 0.29) is 11.7 Å². The van der Waals surface area contributed by atoms with E-state index < -0.39 is 5.54 Å². The van der Waals surface area contributed by atoms with Crippen LogP contribution >= 0.6 is 11.8 Å². The zero-order valence-electron chi connectivity index (χ0n) is 16.6. The number of pyridine rings is 1. The minimum atomic E-state index is -0.864. The van der Waals surface area contributed by atoms with Crippen molar-refractivity contribution in [1.82, 2.24) is 24.6 Å². The lowest BCUT2D eigenvalue weighted by Crippen LogP contribution is -2.44. The molecule has 3 aromatic rings. The Bertz CT molecular complexity index is 1010. The highest BCUT2D eigenvalue weighted by molar-refractivity contribution is 7.99. The third-order valence-electron chi connectivity index (χ3n) is 4.65. The quantitative estimate of drug-likeness (QED) is 0.560. The number of nitriles is 1. The van der Waals surface area contributed by atoms with E-state index in [1.165, 1.54) is 16.7 Å². The molecule has 0 unspecified atom stereocenters. The predicted molar refractivity (Wildman–Crippen MR) is 112 cm³/mol. The molecule has 8 heteroatoms. The van der Waals surface area contributed by atoms with Crippen LogP contribution in [0.5, 0.6) is 0 Å². The Labute approximate surface area is 174 Å². The molecule has 1 amide bonds. The van der Waals surface area contributed by atoms with Crippen LogP contribution in [0.4, 0.5) is 0 Å². The summed E-state index contributed by atoms with van der Waals surface area (Å²) in [5.74, 6) is 0.753. The number of aromatic nitrogens is 4. The summed E-state index contributed by atoms with van der Waals surface area (Å²) < 4.78 is 2.00. The molecule has 0 radical (unpaired) electrons. The number of hydrogen-bond acceptors (Lipinski definition) is 6. The summed E-state index contributed by atoms with van der Waals surface area (Å²) in [5.41, 5.74) is 1.15. The van der Waals surface area contributed by atoms with E-state index in [1.807, 2.05) is 47.0 Å². The number of nitrogens with zero attached hydrogens (tertiary/aromatic N) is 6. The van der Waals surface area contributed by atoms with E-state index in [9.17, 15) is 10.1 Å². The average molecular weight is 407 g/mol. The largest absolute Gasteiger partial charge is 0.327 e. The van der Waals surface area contributed by atoms with Gasteiger partial charge in [0.25, 0.3) is 0 Å². The number of carbonyl (C=O) groups is 1. The van der Waals surface area contributed by atoms with Crippen molar-refractivity contribution in [3.8, 4) is 17.5 Å². The summed E-state index contributed by atoms with van der Waals surface area (Å²) >= 11 is 1.32. The van der Waals surface area contributed by atoms with Crippen molar-refractivity contribution in [2.45, 2.75) is 31.1 Å². The molecule has 0 aliphatic heterocycles. The van der Waals surface area contributed by atoms with Gasteiger partial charge < -0.3 is 4.90 Å². The Kier molecular flexibility index (Phi) is 6.29. The lowest BCUT2D eigenvalue weighted by molar-refractivity contribution is -0.130. The van der Waals surface area contributed by atoms with Gasteiger partial charge >= 0.3 is 0 Å². The van der Waals surface area contributed by atoms with Gasteiger partial charge in [-0.2, -0.15) is 5.26 Å². The molecule has 7 nitrogen and oxygen atoms in total. The fourth-order valence-electron chi connectivity index (χ4n) is 2.63. The standard InChI is InChI=1S/C21H22N6OS/c1-21(2,15-22)26(3)18(28)14-29-20-25-24-19(17-9-11-23-12-10-17)27(20)13-16-7-5-4-6-8-16/h4-12H,13-14H2,1-3H3. The van der Waals surface area contributed by atoms with Gasteiger partial charge in [-0.05, 0) is 31.5 Å². The minimum absolute atomic E-state index is 0.138. The minimum Gasteiger partial charge on any atom is -0.327 e. The van der Waals surface area contributed by atoms with E-state index in [2.05, 4.69) is 21.3 Å². The van der Waals surface area contributed by atoms with Gasteiger partial charge in [0.2, 0.25) is 5.91 Å². The first-order valence-electron chi connectivity index (χ1n) is 9.10. The van der Waals surface area contributed by atoms with Crippen molar-refractivity contribution in [3.63, 3.8) is 0 Å². The maximum absolute atomic E-state index is 12.6. The lowest BCUT2D eigenvalue weighted by Gasteiger charge is -2.28. The topological polar surface area (TPSA) is 87.7 Å². The fourth-order valence-corrected chi connectivity index (χ4v) is 3.48. The van der Waals surface area contributed by atoms with Gasteiger partial charge in [-0.3, -0.25) is 14.3 Å². The average Bonchev–Trinajstić information content (AvgIpc) is 3.15. The predicted octanol–water partition coefficient (Wildman–Crippen LogP) is 3.24. The number of rotatable bonds is 7. The summed E-state index contributed by atoms with van der Waals surface area (Å²) in [4.78, 5) is 18.1. The fraction of sp³-hybridized carbons (Fsp3) is 0.286. The van der Waals surface area contributed by atoms with Crippen LogP contribution < -0.4 is 0 Å². The molecular formula is C21H22N6OS. The highest BCUT2D eigenvalue weighted by Gasteiger charge is 2.27. The van der Waals surface area contributed by atoms with Crippen molar-refractivity contribution >= 4 is 17.7 Å². The second-order valence-electron chi connectivity index (χ2n) is 7.03. The third-order valence-corrected chi connectivity index (χ3v) is 5.60. The van der Waals surface area contributed by atoms with Gasteiger partial charge in [-0.25, -0.2) is 0 Å². The molecule has 2 heterocycles. The number of hydrogen-bond donors (Lipinski definition) is 0. The Morgan fingerprint density at radius 1 is 1.17 bits per heavy atom. The first-order valence-corrected chi connectivity index (χ1v) is 10.1. The maximum Gasteiger partial charge on any atom is 0.234 e. The number of thioether (sulfide) groups is 1. The molecule has 29 heavy (non-hydrogen) atoms. The van der Waals surface area contributed by atoms with Crippen LogP contribution in [0.15, 0.2) is 60.0 Å². The Morgan fingerprint density at radius 2 is 1.86 bits per heavy atom. The van der Waals surface area contributed by atoms with E-state index in [1.54, 1.807) is 33.3 Å². The van der Waals surface area contributed by atoms with E-state index in [0.717, 1.165) is 17.0 Å². The van der Waals surface area contributed by atoms with E-state index in [4.69, 9.17) is 0 Å². The molecule has 0 atom stereocenters. The Morgan fingerprint density at radius 3 is 2.52 bits per heavy atom. The van der Waals surface area contributed by atoms with Gasteiger partial charge in [0.15, 0.2) is 11.0 Å². The van der Waals surface area contributed by atoms with Gasteiger partial charge in [0, 0.05) is 25.0 Å². The van der Waals surface area contributed by atoms with Gasteiger partial charge in [-0.1, -0.05) is 42.1 Å². The van der Waals surface area contributed by atoms with Crippen LogP contribution in [0.1, 0.15) is 19.4 Å². The monoisotopic (exact) mass is 406 g/mol. The van der Waals surface area contributed by atoms with Crippen molar-refractivity contribution in [2.75, 3.05) is 12.8 Å². The molecule has 3 rings (SSSR count). The van der Waals surface area contributed by atoms with Crippen LogP contribution in [0.3, 0.4) is 0 Å². The van der Waals surface area contributed by atoms with Gasteiger partial charge in [0.1, 0.15) is 5.54 Å². The number of benzene rings is 1. The zero-order chi connectivity index (χ0) is 20.9. The smallest absolute Gasteiger partial charge is 0.234 e. The SMILES string of the molecule is CN(C(=O)CSc1nnc(-c2ccncc2)n1Cc1ccccc1)C(C)(C)C#N. The second-order valence-corrected chi connectivity index (χ2v) is 7.97. The van der Waals surface area contributed by atoms with Gasteiger partial charge in [-0.15, -0.1) is 10.2 Å².